The topological polar surface area (TPSA) is 0 Å². The fourth-order valence-corrected chi connectivity index (χ4v) is 1.08. The summed E-state index contributed by atoms with van der Waals surface area (Å²) in [5, 5.41) is -2.48. The summed E-state index contributed by atoms with van der Waals surface area (Å²) in [6.45, 7) is 0.282. The third kappa shape index (κ3) is 4.04. The molecule has 0 spiro atoms. The van der Waals surface area contributed by atoms with Crippen molar-refractivity contribution in [3.8, 4) is 0 Å². The molecule has 0 nitrogen and oxygen atoms in total. The molecule has 0 rings (SSSR count). The standard InChI is InChI=1S/C9H10ClF7/c1-5(4-11)2-3-8(14,15)9(16,17)6(10)7(12)13/h5H,2-4H2,1H3. The Balaban J connectivity index is 4.86. The van der Waals surface area contributed by atoms with Crippen LogP contribution in [0.5, 0.6) is 0 Å². The van der Waals surface area contributed by atoms with Gasteiger partial charge in [0.05, 0.1) is 6.67 Å². The lowest BCUT2D eigenvalue weighted by Crippen LogP contribution is -2.41. The summed E-state index contributed by atoms with van der Waals surface area (Å²) in [5.41, 5.74) is 0. The van der Waals surface area contributed by atoms with Crippen LogP contribution in [0.25, 0.3) is 0 Å². The van der Waals surface area contributed by atoms with Crippen molar-refractivity contribution < 1.29 is 30.7 Å². The molecule has 0 heterocycles. The third-order valence-electron chi connectivity index (χ3n) is 2.12. The zero-order valence-corrected chi connectivity index (χ0v) is 9.48. The first-order valence-corrected chi connectivity index (χ1v) is 4.97. The highest BCUT2D eigenvalue weighted by atomic mass is 35.5. The van der Waals surface area contributed by atoms with Gasteiger partial charge in [0, 0.05) is 6.42 Å². The Morgan fingerprint density at radius 1 is 1.18 bits per heavy atom. The zero-order valence-electron chi connectivity index (χ0n) is 8.72. The fraction of sp³-hybridized carbons (Fsp3) is 0.778. The molecule has 0 aromatic carbocycles. The monoisotopic (exact) mass is 286 g/mol. The van der Waals surface area contributed by atoms with E-state index in [0.717, 1.165) is 0 Å². The molecular weight excluding hydrogens is 277 g/mol. The van der Waals surface area contributed by atoms with Crippen molar-refractivity contribution >= 4 is 11.6 Å². The van der Waals surface area contributed by atoms with Gasteiger partial charge in [0.1, 0.15) is 0 Å². The van der Waals surface area contributed by atoms with Gasteiger partial charge in [-0.15, -0.1) is 0 Å². The summed E-state index contributed by atoms with van der Waals surface area (Å²) in [4.78, 5) is 0. The summed E-state index contributed by atoms with van der Waals surface area (Å²) in [7, 11) is 0. The molecule has 0 aliphatic carbocycles. The Bertz CT molecular complexity index is 283. The smallest absolute Gasteiger partial charge is 0.251 e. The second kappa shape index (κ2) is 5.93. The molecule has 0 saturated carbocycles. The molecule has 0 radical (unpaired) electrons. The summed E-state index contributed by atoms with van der Waals surface area (Å²) in [5.74, 6) is -10.7. The van der Waals surface area contributed by atoms with Crippen LogP contribution in [0.4, 0.5) is 30.7 Å². The minimum atomic E-state index is -5.15. The van der Waals surface area contributed by atoms with Crippen LogP contribution in [0, 0.1) is 5.92 Å². The van der Waals surface area contributed by atoms with Crippen molar-refractivity contribution in [1.82, 2.24) is 0 Å². The van der Waals surface area contributed by atoms with E-state index in [1.165, 1.54) is 6.92 Å². The molecule has 0 saturated heterocycles. The largest absolute Gasteiger partial charge is 0.350 e. The van der Waals surface area contributed by atoms with E-state index in [4.69, 9.17) is 0 Å². The van der Waals surface area contributed by atoms with E-state index in [2.05, 4.69) is 11.6 Å². The second-order valence-electron chi connectivity index (χ2n) is 3.65. The molecular formula is C9H10ClF7. The highest BCUT2D eigenvalue weighted by molar-refractivity contribution is 6.30. The van der Waals surface area contributed by atoms with Gasteiger partial charge in [-0.2, -0.15) is 26.3 Å². The van der Waals surface area contributed by atoms with Crippen molar-refractivity contribution in [3.63, 3.8) is 0 Å². The highest BCUT2D eigenvalue weighted by Gasteiger charge is 2.59. The van der Waals surface area contributed by atoms with E-state index >= 15 is 0 Å². The predicted octanol–water partition coefficient (Wildman–Crippen LogP) is 4.99. The van der Waals surface area contributed by atoms with E-state index < -0.39 is 48.4 Å². The van der Waals surface area contributed by atoms with Crippen molar-refractivity contribution in [2.45, 2.75) is 31.6 Å². The molecule has 0 fully saturated rings. The average molecular weight is 287 g/mol. The summed E-state index contributed by atoms with van der Waals surface area (Å²) >= 11 is 4.47. The molecule has 0 aliphatic heterocycles. The predicted molar refractivity (Wildman–Crippen MR) is 49.4 cm³/mol. The van der Waals surface area contributed by atoms with Gasteiger partial charge in [0.15, 0.2) is 5.03 Å². The Hall–Kier alpha value is -0.460. The highest BCUT2D eigenvalue weighted by Crippen LogP contribution is 2.46. The van der Waals surface area contributed by atoms with E-state index in [-0.39, 0.29) is 0 Å². The molecule has 0 aromatic heterocycles. The summed E-state index contributed by atoms with van der Waals surface area (Å²) in [6, 6.07) is 0. The minimum absolute atomic E-state index is 0.558. The Morgan fingerprint density at radius 3 is 2.00 bits per heavy atom. The Kier molecular flexibility index (Phi) is 5.77. The molecule has 0 N–H and O–H groups in total. The maximum atomic E-state index is 13.0. The number of hydrogen-bond acceptors (Lipinski definition) is 0. The zero-order chi connectivity index (χ0) is 13.9. The maximum Gasteiger partial charge on any atom is 0.350 e. The third-order valence-corrected chi connectivity index (χ3v) is 2.50. The first kappa shape index (κ1) is 16.5. The van der Waals surface area contributed by atoms with Gasteiger partial charge in [-0.3, -0.25) is 4.39 Å². The van der Waals surface area contributed by atoms with Crippen LogP contribution in [0.3, 0.4) is 0 Å². The molecule has 0 aromatic rings. The van der Waals surface area contributed by atoms with Crippen LogP contribution in [0.2, 0.25) is 0 Å². The first-order chi connectivity index (χ1) is 7.56. The van der Waals surface area contributed by atoms with Crippen molar-refractivity contribution in [3.05, 3.63) is 11.1 Å². The van der Waals surface area contributed by atoms with Crippen LogP contribution in [0.15, 0.2) is 11.1 Å². The van der Waals surface area contributed by atoms with Gasteiger partial charge >= 0.3 is 11.8 Å². The van der Waals surface area contributed by atoms with Gasteiger partial charge in [-0.1, -0.05) is 18.5 Å². The van der Waals surface area contributed by atoms with E-state index in [1.54, 1.807) is 0 Å². The minimum Gasteiger partial charge on any atom is -0.251 e. The number of rotatable bonds is 6. The molecule has 8 heteroatoms. The molecule has 0 amide bonds. The van der Waals surface area contributed by atoms with Gasteiger partial charge in [0.2, 0.25) is 0 Å². The van der Waals surface area contributed by atoms with Crippen molar-refractivity contribution in [2.24, 2.45) is 5.92 Å². The lowest BCUT2D eigenvalue weighted by atomic mass is 9.99. The van der Waals surface area contributed by atoms with Crippen LogP contribution < -0.4 is 0 Å². The van der Waals surface area contributed by atoms with Crippen molar-refractivity contribution in [2.75, 3.05) is 6.67 Å². The quantitative estimate of drug-likeness (QED) is 0.603. The van der Waals surface area contributed by atoms with Gasteiger partial charge < -0.3 is 0 Å². The molecule has 102 valence electrons. The number of allylic oxidation sites excluding steroid dienone is 1. The van der Waals surface area contributed by atoms with E-state index in [9.17, 15) is 30.7 Å². The molecule has 1 unspecified atom stereocenters. The molecule has 17 heavy (non-hydrogen) atoms. The number of halogens is 8. The molecule has 1 atom stereocenters. The first-order valence-electron chi connectivity index (χ1n) is 4.59. The molecule has 0 bridgehead atoms. The maximum absolute atomic E-state index is 13.0. The van der Waals surface area contributed by atoms with Crippen molar-refractivity contribution in [1.29, 1.82) is 0 Å². The van der Waals surface area contributed by atoms with Crippen LogP contribution >= 0.6 is 11.6 Å². The van der Waals surface area contributed by atoms with Gasteiger partial charge in [0.25, 0.3) is 6.08 Å². The van der Waals surface area contributed by atoms with Gasteiger partial charge in [-0.25, -0.2) is 0 Å². The van der Waals surface area contributed by atoms with Crippen LogP contribution in [-0.4, -0.2) is 18.5 Å². The fourth-order valence-electron chi connectivity index (χ4n) is 0.941. The van der Waals surface area contributed by atoms with E-state index in [1.807, 2.05) is 0 Å². The summed E-state index contributed by atoms with van der Waals surface area (Å²) < 4.78 is 87.3. The second-order valence-corrected chi connectivity index (χ2v) is 4.03. The molecule has 0 aliphatic rings. The average Bonchev–Trinajstić information content (AvgIpc) is 2.24. The lowest BCUT2D eigenvalue weighted by Gasteiger charge is -2.26. The van der Waals surface area contributed by atoms with Gasteiger partial charge in [-0.05, 0) is 12.3 Å². The van der Waals surface area contributed by atoms with E-state index in [0.29, 0.717) is 0 Å². The number of hydrogen-bond donors (Lipinski definition) is 0. The van der Waals surface area contributed by atoms with Crippen LogP contribution in [-0.2, 0) is 0 Å². The number of alkyl halides is 5. The lowest BCUT2D eigenvalue weighted by molar-refractivity contribution is -0.188. The van der Waals surface area contributed by atoms with Crippen LogP contribution in [0.1, 0.15) is 19.8 Å². The summed E-state index contributed by atoms with van der Waals surface area (Å²) in [6.07, 6.45) is -5.04. The SMILES string of the molecule is CC(CF)CCC(F)(F)C(F)(F)C(Cl)=C(F)F. The Morgan fingerprint density at radius 2 is 1.65 bits per heavy atom. The Labute approximate surface area is 98.4 Å². The normalized spacial score (nSPS) is 14.6.